The fourth-order valence-corrected chi connectivity index (χ4v) is 4.54. The molecule has 2 aliphatic rings. The molecular formula is C23H37N3O. The van der Waals surface area contributed by atoms with E-state index in [0.717, 1.165) is 58.5 Å². The van der Waals surface area contributed by atoms with Crippen LogP contribution in [-0.2, 0) is 11.3 Å². The zero-order valence-electron chi connectivity index (χ0n) is 17.3. The van der Waals surface area contributed by atoms with Crippen LogP contribution in [0.2, 0.25) is 0 Å². The lowest BCUT2D eigenvalue weighted by Gasteiger charge is -2.39. The molecule has 4 nitrogen and oxygen atoms in total. The molecule has 1 aromatic carbocycles. The number of carbonyl (C=O) groups is 1. The molecular weight excluding hydrogens is 334 g/mol. The lowest BCUT2D eigenvalue weighted by molar-refractivity contribution is -0.138. The van der Waals surface area contributed by atoms with Gasteiger partial charge in [-0.3, -0.25) is 9.69 Å². The van der Waals surface area contributed by atoms with E-state index in [9.17, 15) is 4.79 Å². The van der Waals surface area contributed by atoms with Crippen LogP contribution in [0.1, 0.15) is 51.0 Å². The van der Waals surface area contributed by atoms with E-state index in [1.807, 2.05) is 0 Å². The monoisotopic (exact) mass is 371 g/mol. The third kappa shape index (κ3) is 6.05. The largest absolute Gasteiger partial charge is 0.342 e. The average Bonchev–Trinajstić information content (AvgIpc) is 2.73. The summed E-state index contributed by atoms with van der Waals surface area (Å²) in [6.45, 7) is 8.50. The molecule has 0 bridgehead atoms. The van der Waals surface area contributed by atoms with Crippen LogP contribution < -0.4 is 0 Å². The Hall–Kier alpha value is -1.39. The van der Waals surface area contributed by atoms with E-state index in [1.165, 1.54) is 24.8 Å². The maximum Gasteiger partial charge on any atom is 0.226 e. The molecule has 2 heterocycles. The summed E-state index contributed by atoms with van der Waals surface area (Å²) in [5, 5.41) is 0. The molecule has 1 amide bonds. The van der Waals surface area contributed by atoms with E-state index >= 15 is 0 Å². The number of benzene rings is 1. The minimum absolute atomic E-state index is 0.223. The van der Waals surface area contributed by atoms with Gasteiger partial charge in [-0.2, -0.15) is 0 Å². The summed E-state index contributed by atoms with van der Waals surface area (Å²) in [6, 6.07) is 11.2. The molecule has 0 radical (unpaired) electrons. The van der Waals surface area contributed by atoms with Gasteiger partial charge in [0.25, 0.3) is 0 Å². The maximum atomic E-state index is 12.9. The van der Waals surface area contributed by atoms with Crippen molar-refractivity contribution in [2.24, 2.45) is 5.92 Å². The third-order valence-electron chi connectivity index (χ3n) is 6.32. The summed E-state index contributed by atoms with van der Waals surface area (Å²) in [5.41, 5.74) is 1.37. The number of piperidine rings is 2. The average molecular weight is 372 g/mol. The van der Waals surface area contributed by atoms with E-state index in [0.29, 0.717) is 11.9 Å². The molecule has 0 spiro atoms. The molecule has 3 rings (SSSR count). The number of hydrogen-bond acceptors (Lipinski definition) is 3. The summed E-state index contributed by atoms with van der Waals surface area (Å²) in [7, 11) is 2.21. The van der Waals surface area contributed by atoms with E-state index in [2.05, 4.69) is 59.0 Å². The van der Waals surface area contributed by atoms with Crippen LogP contribution in [-0.4, -0.2) is 66.4 Å². The van der Waals surface area contributed by atoms with Crippen molar-refractivity contribution in [2.75, 3.05) is 39.8 Å². The molecule has 0 aromatic heterocycles. The van der Waals surface area contributed by atoms with Crippen molar-refractivity contribution in [2.45, 2.75) is 58.0 Å². The van der Waals surface area contributed by atoms with Crippen molar-refractivity contribution in [3.63, 3.8) is 0 Å². The first-order valence-electron chi connectivity index (χ1n) is 10.9. The SMILES string of the molecule is CC(CCN(C)Cc1ccccc1)N1CCCC(C(=O)N2CCCCC2)C1. The highest BCUT2D eigenvalue weighted by Crippen LogP contribution is 2.23. The van der Waals surface area contributed by atoms with Gasteiger partial charge in [0.05, 0.1) is 5.92 Å². The topological polar surface area (TPSA) is 26.8 Å². The van der Waals surface area contributed by atoms with E-state index in [1.54, 1.807) is 0 Å². The first-order chi connectivity index (χ1) is 13.1. The minimum atomic E-state index is 0.223. The van der Waals surface area contributed by atoms with Crippen molar-refractivity contribution in [1.82, 2.24) is 14.7 Å². The number of carbonyl (C=O) groups excluding carboxylic acids is 1. The molecule has 2 aliphatic heterocycles. The Morgan fingerprint density at radius 1 is 1.11 bits per heavy atom. The van der Waals surface area contributed by atoms with Gasteiger partial charge in [0, 0.05) is 32.2 Å². The van der Waals surface area contributed by atoms with Gasteiger partial charge in [0.2, 0.25) is 5.91 Å². The third-order valence-corrected chi connectivity index (χ3v) is 6.32. The Balaban J connectivity index is 1.43. The van der Waals surface area contributed by atoms with Gasteiger partial charge in [0.1, 0.15) is 0 Å². The van der Waals surface area contributed by atoms with Crippen molar-refractivity contribution in [3.05, 3.63) is 35.9 Å². The molecule has 2 saturated heterocycles. The van der Waals surface area contributed by atoms with Crippen LogP contribution in [0, 0.1) is 5.92 Å². The molecule has 27 heavy (non-hydrogen) atoms. The van der Waals surface area contributed by atoms with E-state index < -0.39 is 0 Å². The minimum Gasteiger partial charge on any atom is -0.342 e. The van der Waals surface area contributed by atoms with Gasteiger partial charge in [-0.05, 0) is 71.1 Å². The fraction of sp³-hybridized carbons (Fsp3) is 0.696. The van der Waals surface area contributed by atoms with Crippen LogP contribution in [0.3, 0.4) is 0 Å². The fourth-order valence-electron chi connectivity index (χ4n) is 4.54. The summed E-state index contributed by atoms with van der Waals surface area (Å²) >= 11 is 0. The lowest BCUT2D eigenvalue weighted by atomic mass is 9.94. The molecule has 150 valence electrons. The number of rotatable bonds is 7. The van der Waals surface area contributed by atoms with Gasteiger partial charge >= 0.3 is 0 Å². The highest BCUT2D eigenvalue weighted by Gasteiger charge is 2.31. The summed E-state index contributed by atoms with van der Waals surface area (Å²) in [4.78, 5) is 20.0. The zero-order valence-corrected chi connectivity index (χ0v) is 17.3. The second kappa shape index (κ2) is 10.2. The molecule has 0 saturated carbocycles. The molecule has 2 fully saturated rings. The van der Waals surface area contributed by atoms with Gasteiger partial charge in [-0.1, -0.05) is 30.3 Å². The van der Waals surface area contributed by atoms with Crippen molar-refractivity contribution in [1.29, 1.82) is 0 Å². The Morgan fingerprint density at radius 2 is 1.85 bits per heavy atom. The van der Waals surface area contributed by atoms with Crippen LogP contribution in [0.15, 0.2) is 30.3 Å². The predicted octanol–water partition coefficient (Wildman–Crippen LogP) is 3.62. The Kier molecular flexibility index (Phi) is 7.71. The second-order valence-electron chi connectivity index (χ2n) is 8.58. The number of hydrogen-bond donors (Lipinski definition) is 0. The molecule has 1 aromatic rings. The lowest BCUT2D eigenvalue weighted by Crippen LogP contribution is -2.48. The van der Waals surface area contributed by atoms with Crippen LogP contribution in [0.25, 0.3) is 0 Å². The molecule has 0 N–H and O–H groups in total. The molecule has 2 atom stereocenters. The number of amides is 1. The van der Waals surface area contributed by atoms with Crippen LogP contribution >= 0.6 is 0 Å². The maximum absolute atomic E-state index is 12.9. The summed E-state index contributed by atoms with van der Waals surface area (Å²) < 4.78 is 0. The molecule has 0 aliphatic carbocycles. The van der Waals surface area contributed by atoms with E-state index in [-0.39, 0.29) is 5.92 Å². The Labute approximate surface area is 165 Å². The number of likely N-dealkylation sites (tertiary alicyclic amines) is 2. The zero-order chi connectivity index (χ0) is 19.1. The summed E-state index contributed by atoms with van der Waals surface area (Å²) in [5.74, 6) is 0.647. The van der Waals surface area contributed by atoms with Gasteiger partial charge in [0.15, 0.2) is 0 Å². The first-order valence-corrected chi connectivity index (χ1v) is 10.9. The van der Waals surface area contributed by atoms with Gasteiger partial charge < -0.3 is 9.80 Å². The Morgan fingerprint density at radius 3 is 2.59 bits per heavy atom. The van der Waals surface area contributed by atoms with Crippen molar-refractivity contribution in [3.8, 4) is 0 Å². The number of nitrogens with zero attached hydrogens (tertiary/aromatic N) is 3. The van der Waals surface area contributed by atoms with Crippen molar-refractivity contribution >= 4 is 5.91 Å². The predicted molar refractivity (Wildman–Crippen MR) is 112 cm³/mol. The normalized spacial score (nSPS) is 22.8. The van der Waals surface area contributed by atoms with Crippen LogP contribution in [0.4, 0.5) is 0 Å². The highest BCUT2D eigenvalue weighted by molar-refractivity contribution is 5.79. The van der Waals surface area contributed by atoms with E-state index in [4.69, 9.17) is 0 Å². The van der Waals surface area contributed by atoms with Crippen LogP contribution in [0.5, 0.6) is 0 Å². The molecule has 4 heteroatoms. The second-order valence-corrected chi connectivity index (χ2v) is 8.58. The van der Waals surface area contributed by atoms with Gasteiger partial charge in [-0.25, -0.2) is 0 Å². The van der Waals surface area contributed by atoms with Gasteiger partial charge in [-0.15, -0.1) is 0 Å². The smallest absolute Gasteiger partial charge is 0.226 e. The molecule has 2 unspecified atom stereocenters. The standard InChI is InChI=1S/C23H37N3O/c1-20(13-17-24(2)18-21-10-5-3-6-11-21)26-16-9-12-22(19-26)23(27)25-14-7-4-8-15-25/h3,5-6,10-11,20,22H,4,7-9,12-19H2,1-2H3. The Bertz CT molecular complexity index is 570. The quantitative estimate of drug-likeness (QED) is 0.732. The van der Waals surface area contributed by atoms with Crippen molar-refractivity contribution < 1.29 is 4.79 Å². The first kappa shape index (κ1) is 20.3. The highest BCUT2D eigenvalue weighted by atomic mass is 16.2. The summed E-state index contributed by atoms with van der Waals surface area (Å²) in [6.07, 6.45) is 7.06.